The van der Waals surface area contributed by atoms with E-state index in [4.69, 9.17) is 15.7 Å². The number of hydrogen-bond acceptors (Lipinski definition) is 8. The second kappa shape index (κ2) is 8.06. The SMILES string of the molecule is CC(C)(O)c1ccc(-c2cc(-c3cnc(N4C5CC6CC4CC(N)(C6)C5)cn3)c3c(C#N)cnn3c2)nc1. The molecule has 4 bridgehead atoms. The van der Waals surface area contributed by atoms with E-state index in [0.717, 1.165) is 53.4 Å². The first-order valence-corrected chi connectivity index (χ1v) is 13.2. The summed E-state index contributed by atoms with van der Waals surface area (Å²) in [6, 6.07) is 8.84. The summed E-state index contributed by atoms with van der Waals surface area (Å²) in [7, 11) is 0. The second-order valence-electron chi connectivity index (χ2n) is 11.9. The molecule has 4 aromatic rings. The van der Waals surface area contributed by atoms with Gasteiger partial charge in [0.05, 0.1) is 46.7 Å². The van der Waals surface area contributed by atoms with Crippen molar-refractivity contribution in [1.82, 2.24) is 24.6 Å². The van der Waals surface area contributed by atoms with Crippen molar-refractivity contribution in [2.24, 2.45) is 11.7 Å². The van der Waals surface area contributed by atoms with Crippen molar-refractivity contribution in [3.63, 3.8) is 0 Å². The topological polar surface area (TPSA) is 129 Å². The third-order valence-corrected chi connectivity index (χ3v) is 8.65. The highest BCUT2D eigenvalue weighted by Crippen LogP contribution is 2.51. The van der Waals surface area contributed by atoms with Crippen LogP contribution in [0.3, 0.4) is 0 Å². The standard InChI is InChI=1S/C29H30N8O/c1-28(2,38)20-3-4-24(32-13-20)18-7-23(27-19(11-30)12-35-36(27)16-18)25-14-34-26(15-33-25)37-21-5-17-6-22(37)10-29(31,8-17)9-21/h3-4,7,12-17,21-22,38H,5-6,8-10,31H2,1-2H3. The zero-order valence-corrected chi connectivity index (χ0v) is 21.5. The fourth-order valence-electron chi connectivity index (χ4n) is 7.12. The first kappa shape index (κ1) is 23.3. The molecule has 0 aromatic carbocycles. The van der Waals surface area contributed by atoms with E-state index < -0.39 is 5.60 Å². The van der Waals surface area contributed by atoms with Gasteiger partial charge in [-0.05, 0) is 64.0 Å². The Bertz CT molecular complexity index is 1560. The van der Waals surface area contributed by atoms with Crippen LogP contribution in [0.1, 0.15) is 57.1 Å². The number of anilines is 1. The Morgan fingerprint density at radius 1 is 1.03 bits per heavy atom. The molecule has 8 rings (SSSR count). The van der Waals surface area contributed by atoms with Crippen LogP contribution in [-0.4, -0.2) is 47.3 Å². The molecule has 4 aliphatic rings. The van der Waals surface area contributed by atoms with Crippen LogP contribution in [0.5, 0.6) is 0 Å². The molecule has 6 heterocycles. The van der Waals surface area contributed by atoms with Crippen LogP contribution in [-0.2, 0) is 5.60 Å². The Hall–Kier alpha value is -3.87. The van der Waals surface area contributed by atoms with Crippen molar-refractivity contribution in [2.45, 2.75) is 69.2 Å². The van der Waals surface area contributed by atoms with Gasteiger partial charge < -0.3 is 15.7 Å². The minimum Gasteiger partial charge on any atom is -0.386 e. The van der Waals surface area contributed by atoms with Crippen LogP contribution in [0.15, 0.2) is 49.2 Å². The molecule has 2 aliphatic carbocycles. The van der Waals surface area contributed by atoms with Crippen LogP contribution < -0.4 is 10.6 Å². The number of piperidine rings is 2. The number of hydrogen-bond donors (Lipinski definition) is 2. The van der Waals surface area contributed by atoms with Gasteiger partial charge in [0.2, 0.25) is 0 Å². The fraction of sp³-hybridized carbons (Fsp3) is 0.414. The van der Waals surface area contributed by atoms with Crippen molar-refractivity contribution in [2.75, 3.05) is 4.90 Å². The monoisotopic (exact) mass is 506 g/mol. The molecule has 2 saturated heterocycles. The normalized spacial score (nSPS) is 26.2. The summed E-state index contributed by atoms with van der Waals surface area (Å²) in [4.78, 5) is 16.8. The Morgan fingerprint density at radius 2 is 1.79 bits per heavy atom. The van der Waals surface area contributed by atoms with Crippen LogP contribution in [0.25, 0.3) is 28.0 Å². The molecule has 0 spiro atoms. The lowest BCUT2D eigenvalue weighted by molar-refractivity contribution is 0.0647. The average Bonchev–Trinajstić information content (AvgIpc) is 3.30. The van der Waals surface area contributed by atoms with E-state index in [9.17, 15) is 10.4 Å². The lowest BCUT2D eigenvalue weighted by Gasteiger charge is -2.60. The molecule has 2 unspecified atom stereocenters. The van der Waals surface area contributed by atoms with Crippen LogP contribution in [0.2, 0.25) is 0 Å². The number of aromatic nitrogens is 5. The molecule has 3 N–H and O–H groups in total. The summed E-state index contributed by atoms with van der Waals surface area (Å²) >= 11 is 0. The highest BCUT2D eigenvalue weighted by molar-refractivity contribution is 5.85. The van der Waals surface area contributed by atoms with Crippen LogP contribution >= 0.6 is 0 Å². The predicted octanol–water partition coefficient (Wildman–Crippen LogP) is 3.80. The second-order valence-corrected chi connectivity index (χ2v) is 11.9. The molecule has 9 heteroatoms. The molecule has 192 valence electrons. The molecule has 9 nitrogen and oxygen atoms in total. The molecule has 38 heavy (non-hydrogen) atoms. The van der Waals surface area contributed by atoms with Crippen molar-refractivity contribution in [1.29, 1.82) is 5.26 Å². The number of fused-ring (bicyclic) bond motifs is 1. The highest BCUT2D eigenvalue weighted by atomic mass is 16.3. The summed E-state index contributed by atoms with van der Waals surface area (Å²) in [5, 5.41) is 24.5. The number of nitrogens with zero attached hydrogens (tertiary/aromatic N) is 7. The van der Waals surface area contributed by atoms with Crippen LogP contribution in [0.4, 0.5) is 5.82 Å². The summed E-state index contributed by atoms with van der Waals surface area (Å²) < 4.78 is 1.70. The van der Waals surface area contributed by atoms with Gasteiger partial charge in [0, 0.05) is 46.7 Å². The summed E-state index contributed by atoms with van der Waals surface area (Å²) in [6.45, 7) is 3.47. The average molecular weight is 507 g/mol. The Kier molecular flexibility index (Phi) is 4.94. The van der Waals surface area contributed by atoms with Gasteiger partial charge >= 0.3 is 0 Å². The van der Waals surface area contributed by atoms with E-state index in [2.05, 4.69) is 21.1 Å². The van der Waals surface area contributed by atoms with E-state index in [1.165, 1.54) is 12.8 Å². The quantitative estimate of drug-likeness (QED) is 0.428. The minimum atomic E-state index is -0.973. The first-order valence-electron chi connectivity index (χ1n) is 13.2. The zero-order valence-electron chi connectivity index (χ0n) is 21.5. The fourth-order valence-corrected chi connectivity index (χ4v) is 7.12. The van der Waals surface area contributed by atoms with Gasteiger partial charge in [-0.1, -0.05) is 6.07 Å². The summed E-state index contributed by atoms with van der Waals surface area (Å²) in [5.41, 5.74) is 10.6. The third-order valence-electron chi connectivity index (χ3n) is 8.65. The lowest BCUT2D eigenvalue weighted by Crippen LogP contribution is -2.67. The minimum absolute atomic E-state index is 0.0126. The van der Waals surface area contributed by atoms with Gasteiger partial charge in [-0.15, -0.1) is 0 Å². The van der Waals surface area contributed by atoms with E-state index in [0.29, 0.717) is 28.9 Å². The van der Waals surface area contributed by atoms with E-state index in [1.54, 1.807) is 37.0 Å². The summed E-state index contributed by atoms with van der Waals surface area (Å²) in [6.07, 6.45) is 14.3. The first-order chi connectivity index (χ1) is 18.2. The smallest absolute Gasteiger partial charge is 0.147 e. The molecule has 0 radical (unpaired) electrons. The largest absolute Gasteiger partial charge is 0.386 e. The van der Waals surface area contributed by atoms with Crippen molar-refractivity contribution >= 4 is 11.3 Å². The van der Waals surface area contributed by atoms with Gasteiger partial charge in [0.25, 0.3) is 0 Å². The number of pyridine rings is 2. The number of nitriles is 1. The Balaban J connectivity index is 1.27. The van der Waals surface area contributed by atoms with Gasteiger partial charge in [0.15, 0.2) is 0 Å². The molecule has 2 aliphatic heterocycles. The molecular weight excluding hydrogens is 476 g/mol. The summed E-state index contributed by atoms with van der Waals surface area (Å²) in [5.74, 6) is 1.63. The van der Waals surface area contributed by atoms with Gasteiger partial charge in [-0.25, -0.2) is 9.50 Å². The lowest BCUT2D eigenvalue weighted by atomic mass is 9.60. The van der Waals surface area contributed by atoms with E-state index in [1.807, 2.05) is 30.6 Å². The van der Waals surface area contributed by atoms with Gasteiger partial charge in [-0.2, -0.15) is 10.4 Å². The molecule has 4 aromatic heterocycles. The van der Waals surface area contributed by atoms with E-state index in [-0.39, 0.29) is 5.54 Å². The number of nitrogens with two attached hydrogens (primary N) is 1. The molecule has 2 saturated carbocycles. The molecule has 2 atom stereocenters. The van der Waals surface area contributed by atoms with Crippen LogP contribution in [0, 0.1) is 17.2 Å². The highest BCUT2D eigenvalue weighted by Gasteiger charge is 2.53. The Morgan fingerprint density at radius 3 is 2.39 bits per heavy atom. The third kappa shape index (κ3) is 3.67. The van der Waals surface area contributed by atoms with Gasteiger partial charge in [0.1, 0.15) is 11.9 Å². The molecule has 0 amide bonds. The maximum atomic E-state index is 10.3. The molecule has 4 fully saturated rings. The van der Waals surface area contributed by atoms with Crippen molar-refractivity contribution < 1.29 is 5.11 Å². The number of rotatable bonds is 4. The Labute approximate surface area is 221 Å². The molecular formula is C29H30N8O. The maximum Gasteiger partial charge on any atom is 0.147 e. The van der Waals surface area contributed by atoms with E-state index >= 15 is 0 Å². The number of aliphatic hydroxyl groups is 1. The van der Waals surface area contributed by atoms with Crippen molar-refractivity contribution in [3.8, 4) is 28.6 Å². The zero-order chi connectivity index (χ0) is 26.2. The maximum absolute atomic E-state index is 10.3. The van der Waals surface area contributed by atoms with Gasteiger partial charge in [-0.3, -0.25) is 9.97 Å². The predicted molar refractivity (Wildman–Crippen MR) is 143 cm³/mol. The van der Waals surface area contributed by atoms with Crippen molar-refractivity contribution in [3.05, 3.63) is 60.3 Å².